The molecule has 1 aliphatic heterocycles. The molecule has 1 amide bonds. The van der Waals surface area contributed by atoms with Crippen molar-refractivity contribution in [2.45, 2.75) is 57.2 Å². The van der Waals surface area contributed by atoms with Crippen molar-refractivity contribution in [3.05, 3.63) is 35.9 Å². The van der Waals surface area contributed by atoms with Gasteiger partial charge in [-0.25, -0.2) is 0 Å². The molecule has 4 nitrogen and oxygen atoms in total. The lowest BCUT2D eigenvalue weighted by atomic mass is 10.1. The van der Waals surface area contributed by atoms with Gasteiger partial charge in [0, 0.05) is 25.2 Å². The maximum absolute atomic E-state index is 12.0. The van der Waals surface area contributed by atoms with Crippen LogP contribution in [-0.4, -0.2) is 42.6 Å². The largest absolute Gasteiger partial charge is 0.368 e. The van der Waals surface area contributed by atoms with Crippen molar-refractivity contribution in [2.24, 2.45) is 0 Å². The topological polar surface area (TPSA) is 41.6 Å². The van der Waals surface area contributed by atoms with Gasteiger partial charge in [0.25, 0.3) is 0 Å². The summed E-state index contributed by atoms with van der Waals surface area (Å²) in [5, 5.41) is 3.13. The third-order valence-corrected chi connectivity index (χ3v) is 5.17. The molecule has 23 heavy (non-hydrogen) atoms. The van der Waals surface area contributed by atoms with Crippen LogP contribution in [-0.2, 0) is 9.53 Å². The molecule has 1 saturated carbocycles. The number of hydrogen-bond acceptors (Lipinski definition) is 3. The number of nitrogens with one attached hydrogen (secondary N) is 1. The minimum Gasteiger partial charge on any atom is -0.368 e. The molecule has 0 unspecified atom stereocenters. The normalized spacial score (nSPS) is 24.0. The highest BCUT2D eigenvalue weighted by Gasteiger charge is 2.28. The highest BCUT2D eigenvalue weighted by molar-refractivity contribution is 5.77. The third-order valence-electron chi connectivity index (χ3n) is 5.17. The maximum atomic E-state index is 12.0. The molecule has 2 aliphatic rings. The van der Waals surface area contributed by atoms with E-state index in [0.29, 0.717) is 12.1 Å². The second-order valence-electron chi connectivity index (χ2n) is 6.85. The SMILES string of the molecule is C[C@H](c1ccccc1)N1CC[C@H](NC(=O)COC2CCCC2)C1. The van der Waals surface area contributed by atoms with Crippen molar-refractivity contribution >= 4 is 5.91 Å². The molecule has 1 heterocycles. The van der Waals surface area contributed by atoms with Gasteiger partial charge in [-0.3, -0.25) is 9.69 Å². The van der Waals surface area contributed by atoms with Crippen molar-refractivity contribution in [3.63, 3.8) is 0 Å². The molecule has 1 aliphatic carbocycles. The smallest absolute Gasteiger partial charge is 0.246 e. The van der Waals surface area contributed by atoms with Gasteiger partial charge in [-0.05, 0) is 31.7 Å². The molecular formula is C19H28N2O2. The van der Waals surface area contributed by atoms with E-state index in [0.717, 1.165) is 32.4 Å². The number of nitrogens with zero attached hydrogens (tertiary/aromatic N) is 1. The highest BCUT2D eigenvalue weighted by Crippen LogP contribution is 2.24. The second kappa shape index (κ2) is 7.93. The summed E-state index contributed by atoms with van der Waals surface area (Å²) < 4.78 is 5.69. The number of likely N-dealkylation sites (tertiary alicyclic amines) is 1. The van der Waals surface area contributed by atoms with E-state index < -0.39 is 0 Å². The molecule has 1 aromatic carbocycles. The quantitative estimate of drug-likeness (QED) is 0.877. The first-order valence-electron chi connectivity index (χ1n) is 8.92. The minimum atomic E-state index is 0.0381. The minimum absolute atomic E-state index is 0.0381. The Kier molecular flexibility index (Phi) is 5.68. The summed E-state index contributed by atoms with van der Waals surface area (Å²) in [6.45, 7) is 4.41. The maximum Gasteiger partial charge on any atom is 0.246 e. The zero-order valence-corrected chi connectivity index (χ0v) is 14.0. The molecule has 0 spiro atoms. The monoisotopic (exact) mass is 316 g/mol. The van der Waals surface area contributed by atoms with Crippen LogP contribution in [0.3, 0.4) is 0 Å². The Balaban J connectivity index is 1.41. The van der Waals surface area contributed by atoms with Gasteiger partial charge >= 0.3 is 0 Å². The molecule has 1 N–H and O–H groups in total. The van der Waals surface area contributed by atoms with E-state index in [1.165, 1.54) is 18.4 Å². The molecule has 1 saturated heterocycles. The number of amides is 1. The van der Waals surface area contributed by atoms with E-state index >= 15 is 0 Å². The second-order valence-corrected chi connectivity index (χ2v) is 6.85. The van der Waals surface area contributed by atoms with Gasteiger partial charge in [-0.15, -0.1) is 0 Å². The summed E-state index contributed by atoms with van der Waals surface area (Å²) in [7, 11) is 0. The van der Waals surface area contributed by atoms with E-state index in [4.69, 9.17) is 4.74 Å². The molecule has 3 rings (SSSR count). The van der Waals surface area contributed by atoms with Crippen molar-refractivity contribution in [2.75, 3.05) is 19.7 Å². The van der Waals surface area contributed by atoms with E-state index in [1.54, 1.807) is 0 Å². The molecule has 126 valence electrons. The Morgan fingerprint density at radius 1 is 1.26 bits per heavy atom. The molecule has 2 fully saturated rings. The van der Waals surface area contributed by atoms with Crippen molar-refractivity contribution in [3.8, 4) is 0 Å². The summed E-state index contributed by atoms with van der Waals surface area (Å²) in [6, 6.07) is 11.2. The van der Waals surface area contributed by atoms with Gasteiger partial charge in [0.15, 0.2) is 0 Å². The number of hydrogen-bond donors (Lipinski definition) is 1. The van der Waals surface area contributed by atoms with Crippen LogP contribution in [0.5, 0.6) is 0 Å². The molecule has 0 radical (unpaired) electrons. The average molecular weight is 316 g/mol. The average Bonchev–Trinajstić information content (AvgIpc) is 3.25. The van der Waals surface area contributed by atoms with Crippen LogP contribution in [0.1, 0.15) is 50.6 Å². The van der Waals surface area contributed by atoms with Gasteiger partial charge in [-0.2, -0.15) is 0 Å². The molecular weight excluding hydrogens is 288 g/mol. The summed E-state index contributed by atoms with van der Waals surface area (Å²) in [5.74, 6) is 0.0381. The van der Waals surface area contributed by atoms with Gasteiger partial charge in [0.1, 0.15) is 6.61 Å². The van der Waals surface area contributed by atoms with Gasteiger partial charge < -0.3 is 10.1 Å². The van der Waals surface area contributed by atoms with Gasteiger partial charge in [0.2, 0.25) is 5.91 Å². The van der Waals surface area contributed by atoms with E-state index in [-0.39, 0.29) is 18.6 Å². The first-order valence-corrected chi connectivity index (χ1v) is 8.92. The zero-order valence-electron chi connectivity index (χ0n) is 14.0. The van der Waals surface area contributed by atoms with Crippen LogP contribution in [0.2, 0.25) is 0 Å². The van der Waals surface area contributed by atoms with Crippen LogP contribution in [0, 0.1) is 0 Å². The summed E-state index contributed by atoms with van der Waals surface area (Å²) in [6.07, 6.45) is 6.02. The van der Waals surface area contributed by atoms with E-state index in [1.807, 2.05) is 6.07 Å². The Morgan fingerprint density at radius 3 is 2.74 bits per heavy atom. The Morgan fingerprint density at radius 2 is 2.00 bits per heavy atom. The predicted molar refractivity (Wildman–Crippen MR) is 91.2 cm³/mol. The number of carbonyl (C=O) groups excluding carboxylic acids is 1. The van der Waals surface area contributed by atoms with E-state index in [2.05, 4.69) is 41.4 Å². The molecule has 0 aromatic heterocycles. The molecule has 2 atom stereocenters. The standard InChI is InChI=1S/C19H28N2O2/c1-15(16-7-3-2-4-8-16)21-12-11-17(13-21)20-19(22)14-23-18-9-5-6-10-18/h2-4,7-8,15,17-18H,5-6,9-14H2,1H3,(H,20,22)/t15-,17+/m1/s1. The fourth-order valence-electron chi connectivity index (χ4n) is 3.72. The van der Waals surface area contributed by atoms with Crippen LogP contribution in [0.4, 0.5) is 0 Å². The first-order chi connectivity index (χ1) is 11.2. The van der Waals surface area contributed by atoms with Gasteiger partial charge in [-0.1, -0.05) is 43.2 Å². The van der Waals surface area contributed by atoms with E-state index in [9.17, 15) is 4.79 Å². The van der Waals surface area contributed by atoms with Crippen LogP contribution < -0.4 is 5.32 Å². The predicted octanol–water partition coefficient (Wildman–Crippen LogP) is 2.90. The summed E-state index contributed by atoms with van der Waals surface area (Å²) in [5.41, 5.74) is 1.34. The molecule has 1 aromatic rings. The fourth-order valence-corrected chi connectivity index (χ4v) is 3.72. The lowest BCUT2D eigenvalue weighted by Crippen LogP contribution is -2.39. The highest BCUT2D eigenvalue weighted by atomic mass is 16.5. The first kappa shape index (κ1) is 16.5. The van der Waals surface area contributed by atoms with Crippen LogP contribution in [0.15, 0.2) is 30.3 Å². The fraction of sp³-hybridized carbons (Fsp3) is 0.632. The number of rotatable bonds is 6. The summed E-state index contributed by atoms with van der Waals surface area (Å²) in [4.78, 5) is 14.5. The lowest BCUT2D eigenvalue weighted by molar-refractivity contribution is -0.128. The summed E-state index contributed by atoms with van der Waals surface area (Å²) >= 11 is 0. The molecule has 4 heteroatoms. The zero-order chi connectivity index (χ0) is 16.1. The van der Waals surface area contributed by atoms with Gasteiger partial charge in [0.05, 0.1) is 6.10 Å². The Hall–Kier alpha value is -1.39. The van der Waals surface area contributed by atoms with Crippen LogP contribution in [0.25, 0.3) is 0 Å². The Bertz CT molecular complexity index is 499. The number of carbonyl (C=O) groups is 1. The number of benzene rings is 1. The Labute approximate surface area is 139 Å². The number of ether oxygens (including phenoxy) is 1. The van der Waals surface area contributed by atoms with Crippen molar-refractivity contribution < 1.29 is 9.53 Å². The third kappa shape index (κ3) is 4.55. The molecule has 0 bridgehead atoms. The van der Waals surface area contributed by atoms with Crippen molar-refractivity contribution in [1.82, 2.24) is 10.2 Å². The lowest BCUT2D eigenvalue weighted by Gasteiger charge is -2.24. The van der Waals surface area contributed by atoms with Crippen molar-refractivity contribution in [1.29, 1.82) is 0 Å². The van der Waals surface area contributed by atoms with Crippen LogP contribution >= 0.6 is 0 Å².